The molecule has 1 fully saturated rings. The molecule has 6 nitrogen and oxygen atoms in total. The number of nitrogens with one attached hydrogen (secondary N) is 1. The molecule has 0 aromatic heterocycles. The van der Waals surface area contributed by atoms with Gasteiger partial charge in [-0.15, -0.1) is 0 Å². The first-order valence-corrected chi connectivity index (χ1v) is 6.69. The summed E-state index contributed by atoms with van der Waals surface area (Å²) in [4.78, 5) is 25.2. The maximum absolute atomic E-state index is 12.2. The van der Waals surface area contributed by atoms with E-state index in [9.17, 15) is 9.59 Å². The molecule has 1 unspecified atom stereocenters. The number of methoxy groups -OCH3 is 1. The molecule has 3 N–H and O–H groups in total. The molecule has 0 spiro atoms. The van der Waals surface area contributed by atoms with Crippen LogP contribution >= 0.6 is 0 Å². The summed E-state index contributed by atoms with van der Waals surface area (Å²) in [6.45, 7) is 2.96. The van der Waals surface area contributed by atoms with Crippen LogP contribution in [0.15, 0.2) is 0 Å². The van der Waals surface area contributed by atoms with Gasteiger partial charge in [-0.2, -0.15) is 0 Å². The first-order valence-electron chi connectivity index (χ1n) is 6.69. The van der Waals surface area contributed by atoms with Crippen molar-refractivity contribution in [2.75, 3.05) is 33.9 Å². The number of ether oxygens (including phenoxy) is 1. The second kappa shape index (κ2) is 6.86. The van der Waals surface area contributed by atoms with Gasteiger partial charge in [0.15, 0.2) is 0 Å². The van der Waals surface area contributed by atoms with E-state index >= 15 is 0 Å². The van der Waals surface area contributed by atoms with E-state index in [-0.39, 0.29) is 24.3 Å². The van der Waals surface area contributed by atoms with E-state index in [4.69, 9.17) is 10.5 Å². The van der Waals surface area contributed by atoms with Crippen LogP contribution in [0.3, 0.4) is 0 Å². The van der Waals surface area contributed by atoms with Gasteiger partial charge in [0.1, 0.15) is 0 Å². The Kier molecular flexibility index (Phi) is 5.75. The number of hydrogen-bond donors (Lipinski definition) is 2. The average Bonchev–Trinajstić information content (AvgIpc) is 3.18. The van der Waals surface area contributed by atoms with Crippen molar-refractivity contribution in [1.29, 1.82) is 0 Å². The van der Waals surface area contributed by atoms with Crippen LogP contribution in [0.25, 0.3) is 0 Å². The smallest absolute Gasteiger partial charge is 0.242 e. The lowest BCUT2D eigenvalue weighted by Gasteiger charge is -2.28. The van der Waals surface area contributed by atoms with Crippen LogP contribution in [0.5, 0.6) is 0 Å². The minimum absolute atomic E-state index is 0.0469. The van der Waals surface area contributed by atoms with Gasteiger partial charge in [0.2, 0.25) is 11.8 Å². The van der Waals surface area contributed by atoms with Crippen LogP contribution in [0.2, 0.25) is 0 Å². The molecule has 0 bridgehead atoms. The Labute approximate surface area is 114 Å². The lowest BCUT2D eigenvalue weighted by atomic mass is 9.95. The molecule has 0 radical (unpaired) electrons. The van der Waals surface area contributed by atoms with Crippen LogP contribution in [0.4, 0.5) is 0 Å². The fraction of sp³-hybridized carbons (Fsp3) is 0.846. The van der Waals surface area contributed by atoms with E-state index in [1.807, 2.05) is 0 Å². The average molecular weight is 271 g/mol. The van der Waals surface area contributed by atoms with Crippen molar-refractivity contribution < 1.29 is 14.3 Å². The Bertz CT molecular complexity index is 327. The summed E-state index contributed by atoms with van der Waals surface area (Å²) in [6, 6.07) is 0. The van der Waals surface area contributed by atoms with Gasteiger partial charge in [-0.05, 0) is 32.1 Å². The number of likely N-dealkylation sites (N-methyl/N-ethyl adjacent to an activating group) is 1. The summed E-state index contributed by atoms with van der Waals surface area (Å²) >= 11 is 0. The van der Waals surface area contributed by atoms with Crippen molar-refractivity contribution in [3.8, 4) is 0 Å². The van der Waals surface area contributed by atoms with E-state index in [0.29, 0.717) is 13.2 Å². The fourth-order valence-corrected chi connectivity index (χ4v) is 2.06. The summed E-state index contributed by atoms with van der Waals surface area (Å²) in [5.41, 5.74) is 5.20. The molecule has 0 aromatic rings. The molecule has 0 heterocycles. The van der Waals surface area contributed by atoms with Crippen molar-refractivity contribution in [3.05, 3.63) is 0 Å². The highest BCUT2D eigenvalue weighted by Gasteiger charge is 2.45. The molecule has 1 aliphatic rings. The highest BCUT2D eigenvalue weighted by Crippen LogP contribution is 2.38. The molecule has 1 aliphatic carbocycles. The molecule has 1 rings (SSSR count). The van der Waals surface area contributed by atoms with Gasteiger partial charge in [0, 0.05) is 27.3 Å². The molecule has 1 atom stereocenters. The van der Waals surface area contributed by atoms with Gasteiger partial charge in [-0.3, -0.25) is 9.59 Å². The molecular weight excluding hydrogens is 246 g/mol. The number of hydrogen-bond acceptors (Lipinski definition) is 4. The van der Waals surface area contributed by atoms with Gasteiger partial charge in [0.05, 0.1) is 12.1 Å². The molecule has 0 aromatic carbocycles. The van der Waals surface area contributed by atoms with Gasteiger partial charge in [0.25, 0.3) is 0 Å². The molecule has 110 valence electrons. The Hall–Kier alpha value is -1.14. The lowest BCUT2D eigenvalue weighted by molar-refractivity contribution is -0.139. The van der Waals surface area contributed by atoms with E-state index in [0.717, 1.165) is 19.3 Å². The van der Waals surface area contributed by atoms with Crippen LogP contribution in [0.1, 0.15) is 26.2 Å². The monoisotopic (exact) mass is 271 g/mol. The Morgan fingerprint density at radius 2 is 2.11 bits per heavy atom. The van der Waals surface area contributed by atoms with Crippen molar-refractivity contribution in [3.63, 3.8) is 0 Å². The molecule has 1 saturated carbocycles. The summed E-state index contributed by atoms with van der Waals surface area (Å²) in [5.74, 6) is -0.0761. The number of nitrogens with two attached hydrogens (primary N) is 1. The number of carbonyl (C=O) groups excluding carboxylic acids is 2. The number of carbonyl (C=O) groups is 2. The predicted octanol–water partition coefficient (Wildman–Crippen LogP) is -0.275. The Balaban J connectivity index is 2.31. The number of nitrogens with zero attached hydrogens (tertiary/aromatic N) is 1. The van der Waals surface area contributed by atoms with Crippen LogP contribution in [-0.4, -0.2) is 56.1 Å². The zero-order valence-corrected chi connectivity index (χ0v) is 12.1. The maximum atomic E-state index is 12.2. The number of amides is 2. The molecule has 2 amide bonds. The molecule has 0 saturated heterocycles. The zero-order valence-electron chi connectivity index (χ0n) is 12.1. The minimum Gasteiger partial charge on any atom is -0.385 e. The van der Waals surface area contributed by atoms with E-state index in [1.54, 1.807) is 21.1 Å². The SMILES string of the molecule is COCCCNC(=O)CN(C)C(=O)C(C)(N)C1CC1. The van der Waals surface area contributed by atoms with Crippen molar-refractivity contribution in [2.45, 2.75) is 31.7 Å². The molecular formula is C13H25N3O3. The third-order valence-corrected chi connectivity index (χ3v) is 3.46. The quantitative estimate of drug-likeness (QED) is 0.595. The third kappa shape index (κ3) is 4.80. The second-order valence-electron chi connectivity index (χ2n) is 5.41. The van der Waals surface area contributed by atoms with E-state index < -0.39 is 5.54 Å². The highest BCUT2D eigenvalue weighted by molar-refractivity contribution is 5.90. The Morgan fingerprint density at radius 1 is 1.47 bits per heavy atom. The fourth-order valence-electron chi connectivity index (χ4n) is 2.06. The van der Waals surface area contributed by atoms with E-state index in [2.05, 4.69) is 5.32 Å². The molecule has 6 heteroatoms. The largest absolute Gasteiger partial charge is 0.385 e. The summed E-state index contributed by atoms with van der Waals surface area (Å²) in [7, 11) is 3.23. The van der Waals surface area contributed by atoms with Crippen molar-refractivity contribution in [2.24, 2.45) is 11.7 Å². The number of rotatable bonds is 8. The van der Waals surface area contributed by atoms with E-state index in [1.165, 1.54) is 4.90 Å². The third-order valence-electron chi connectivity index (χ3n) is 3.46. The van der Waals surface area contributed by atoms with Gasteiger partial charge in [-0.25, -0.2) is 0 Å². The summed E-state index contributed by atoms with van der Waals surface area (Å²) in [6.07, 6.45) is 2.75. The summed E-state index contributed by atoms with van der Waals surface area (Å²) < 4.78 is 4.89. The second-order valence-corrected chi connectivity index (χ2v) is 5.41. The molecule has 0 aliphatic heterocycles. The van der Waals surface area contributed by atoms with Crippen LogP contribution in [-0.2, 0) is 14.3 Å². The van der Waals surface area contributed by atoms with Crippen LogP contribution in [0, 0.1) is 5.92 Å². The van der Waals surface area contributed by atoms with Crippen LogP contribution < -0.4 is 11.1 Å². The van der Waals surface area contributed by atoms with Gasteiger partial charge < -0.3 is 20.7 Å². The zero-order chi connectivity index (χ0) is 14.5. The minimum atomic E-state index is -0.842. The highest BCUT2D eigenvalue weighted by atomic mass is 16.5. The topological polar surface area (TPSA) is 84.7 Å². The normalized spacial score (nSPS) is 17.7. The lowest BCUT2D eigenvalue weighted by Crippen LogP contribution is -2.55. The first kappa shape index (κ1) is 15.9. The predicted molar refractivity (Wildman–Crippen MR) is 72.5 cm³/mol. The summed E-state index contributed by atoms with van der Waals surface area (Å²) in [5, 5.41) is 2.75. The molecule has 19 heavy (non-hydrogen) atoms. The Morgan fingerprint density at radius 3 is 2.63 bits per heavy atom. The van der Waals surface area contributed by atoms with Gasteiger partial charge >= 0.3 is 0 Å². The first-order chi connectivity index (χ1) is 8.89. The van der Waals surface area contributed by atoms with Crippen molar-refractivity contribution in [1.82, 2.24) is 10.2 Å². The standard InChI is InChI=1S/C13H25N3O3/c1-13(14,10-5-6-10)12(18)16(2)9-11(17)15-7-4-8-19-3/h10H,4-9,14H2,1-3H3,(H,15,17). The van der Waals surface area contributed by atoms with Crippen molar-refractivity contribution >= 4 is 11.8 Å². The van der Waals surface area contributed by atoms with Gasteiger partial charge in [-0.1, -0.05) is 0 Å². The maximum Gasteiger partial charge on any atom is 0.242 e.